The SMILES string of the molecule is C=C(C#N)C(=O)OC1OC1C. The predicted molar refractivity (Wildman–Crippen MR) is 35.2 cm³/mol. The first kappa shape index (κ1) is 7.76. The summed E-state index contributed by atoms with van der Waals surface area (Å²) in [6, 6.07) is 1.59. The van der Waals surface area contributed by atoms with E-state index in [9.17, 15) is 4.79 Å². The van der Waals surface area contributed by atoms with Crippen LogP contribution in [-0.2, 0) is 14.3 Å². The molecule has 0 spiro atoms. The van der Waals surface area contributed by atoms with Crippen LogP contribution < -0.4 is 0 Å². The second kappa shape index (κ2) is 2.72. The van der Waals surface area contributed by atoms with Gasteiger partial charge in [-0.1, -0.05) is 6.58 Å². The van der Waals surface area contributed by atoms with Gasteiger partial charge in [-0.15, -0.1) is 0 Å². The van der Waals surface area contributed by atoms with Gasteiger partial charge in [0.05, 0.1) is 0 Å². The van der Waals surface area contributed by atoms with E-state index in [4.69, 9.17) is 10.00 Å². The van der Waals surface area contributed by atoms with Crippen LogP contribution in [0.4, 0.5) is 0 Å². The maximum absolute atomic E-state index is 10.7. The normalized spacial score (nSPS) is 26.9. The molecule has 4 heteroatoms. The molecule has 0 saturated carbocycles. The number of hydrogen-bond donors (Lipinski definition) is 0. The minimum atomic E-state index is -0.707. The molecular formula is C7H7NO3. The Morgan fingerprint density at radius 3 is 2.73 bits per heavy atom. The van der Waals surface area contributed by atoms with Crippen molar-refractivity contribution in [3.8, 4) is 6.07 Å². The van der Waals surface area contributed by atoms with E-state index in [-0.39, 0.29) is 11.7 Å². The Kier molecular flexibility index (Phi) is 1.92. The molecule has 2 unspecified atom stereocenters. The largest absolute Gasteiger partial charge is 0.429 e. The minimum Gasteiger partial charge on any atom is -0.429 e. The number of epoxide rings is 1. The molecule has 1 fully saturated rings. The van der Waals surface area contributed by atoms with Crippen LogP contribution in [0, 0.1) is 11.3 Å². The summed E-state index contributed by atoms with van der Waals surface area (Å²) in [6.45, 7) is 4.96. The summed E-state index contributed by atoms with van der Waals surface area (Å²) in [7, 11) is 0. The Bertz CT molecular complexity index is 241. The quantitative estimate of drug-likeness (QED) is 0.248. The van der Waals surface area contributed by atoms with Crippen LogP contribution in [0.25, 0.3) is 0 Å². The van der Waals surface area contributed by atoms with Crippen LogP contribution in [0.2, 0.25) is 0 Å². The monoisotopic (exact) mass is 153 g/mol. The molecule has 1 saturated heterocycles. The summed E-state index contributed by atoms with van der Waals surface area (Å²) in [6.07, 6.45) is -0.530. The second-order valence-corrected chi connectivity index (χ2v) is 2.21. The summed E-state index contributed by atoms with van der Waals surface area (Å²) in [5, 5.41) is 8.21. The first-order chi connectivity index (χ1) is 5.15. The molecule has 0 radical (unpaired) electrons. The summed E-state index contributed by atoms with van der Waals surface area (Å²) in [4.78, 5) is 10.7. The van der Waals surface area contributed by atoms with Gasteiger partial charge in [-0.2, -0.15) is 5.26 Å². The lowest BCUT2D eigenvalue weighted by molar-refractivity contribution is -0.143. The van der Waals surface area contributed by atoms with Gasteiger partial charge in [-0.3, -0.25) is 0 Å². The number of nitriles is 1. The lowest BCUT2D eigenvalue weighted by Gasteiger charge is -1.95. The van der Waals surface area contributed by atoms with Crippen molar-refractivity contribution in [3.63, 3.8) is 0 Å². The van der Waals surface area contributed by atoms with E-state index >= 15 is 0 Å². The third-order valence-electron chi connectivity index (χ3n) is 1.26. The fourth-order valence-electron chi connectivity index (χ4n) is 0.512. The number of nitrogens with zero attached hydrogens (tertiary/aromatic N) is 1. The third-order valence-corrected chi connectivity index (χ3v) is 1.26. The molecule has 4 nitrogen and oxygen atoms in total. The van der Waals surface area contributed by atoms with Crippen molar-refractivity contribution in [1.29, 1.82) is 5.26 Å². The molecule has 0 aliphatic carbocycles. The Balaban J connectivity index is 2.34. The average molecular weight is 153 g/mol. The number of esters is 1. The van der Waals surface area contributed by atoms with Gasteiger partial charge in [0, 0.05) is 0 Å². The van der Waals surface area contributed by atoms with Gasteiger partial charge in [-0.05, 0) is 6.92 Å². The van der Waals surface area contributed by atoms with Gasteiger partial charge in [0.2, 0.25) is 6.29 Å². The third kappa shape index (κ3) is 1.79. The maximum atomic E-state index is 10.7. The molecule has 1 heterocycles. The van der Waals surface area contributed by atoms with E-state index in [1.807, 2.05) is 0 Å². The van der Waals surface area contributed by atoms with Gasteiger partial charge >= 0.3 is 5.97 Å². The lowest BCUT2D eigenvalue weighted by atomic mass is 10.3. The van der Waals surface area contributed by atoms with Crippen molar-refractivity contribution >= 4 is 5.97 Å². The molecule has 0 aromatic heterocycles. The molecule has 0 aromatic rings. The van der Waals surface area contributed by atoms with Crippen molar-refractivity contribution in [2.24, 2.45) is 0 Å². The molecule has 0 aromatic carbocycles. The fraction of sp³-hybridized carbons (Fsp3) is 0.429. The van der Waals surface area contributed by atoms with Crippen LogP contribution in [0.5, 0.6) is 0 Å². The average Bonchev–Trinajstić information content (AvgIpc) is 2.65. The van der Waals surface area contributed by atoms with Crippen LogP contribution in [0.1, 0.15) is 6.92 Å². The van der Waals surface area contributed by atoms with Crippen LogP contribution in [0.3, 0.4) is 0 Å². The zero-order valence-electron chi connectivity index (χ0n) is 6.03. The topological polar surface area (TPSA) is 62.6 Å². The summed E-state index contributed by atoms with van der Waals surface area (Å²) in [5.74, 6) is -0.707. The number of rotatable bonds is 2. The van der Waals surface area contributed by atoms with E-state index in [0.717, 1.165) is 0 Å². The Hall–Kier alpha value is -1.34. The van der Waals surface area contributed by atoms with Crippen LogP contribution in [-0.4, -0.2) is 18.4 Å². The van der Waals surface area contributed by atoms with Crippen LogP contribution >= 0.6 is 0 Å². The van der Waals surface area contributed by atoms with Gasteiger partial charge in [-0.25, -0.2) is 4.79 Å². The second-order valence-electron chi connectivity index (χ2n) is 2.21. The Morgan fingerprint density at radius 2 is 2.36 bits per heavy atom. The summed E-state index contributed by atoms with van der Waals surface area (Å²) >= 11 is 0. The standard InChI is InChI=1S/C7H7NO3/c1-4(3-8)6(9)11-7-5(2)10-7/h5,7H,1H2,2H3. The van der Waals surface area contributed by atoms with E-state index in [0.29, 0.717) is 0 Å². The Morgan fingerprint density at radius 1 is 1.82 bits per heavy atom. The first-order valence-corrected chi connectivity index (χ1v) is 3.10. The predicted octanol–water partition coefficient (Wildman–Crippen LogP) is 0.354. The maximum Gasteiger partial charge on any atom is 0.350 e. The number of carbonyl (C=O) groups is 1. The fourth-order valence-corrected chi connectivity index (χ4v) is 0.512. The van der Waals surface area contributed by atoms with E-state index in [1.54, 1.807) is 13.0 Å². The molecule has 1 rings (SSSR count). The van der Waals surface area contributed by atoms with Gasteiger partial charge in [0.15, 0.2) is 0 Å². The van der Waals surface area contributed by atoms with Gasteiger partial charge in [0.25, 0.3) is 0 Å². The minimum absolute atomic E-state index is 0.0505. The van der Waals surface area contributed by atoms with Gasteiger partial charge in [0.1, 0.15) is 17.7 Å². The molecule has 1 aliphatic heterocycles. The number of ether oxygens (including phenoxy) is 2. The zero-order chi connectivity index (χ0) is 8.43. The molecule has 58 valence electrons. The highest BCUT2D eigenvalue weighted by atomic mass is 16.8. The molecule has 0 bridgehead atoms. The highest BCUT2D eigenvalue weighted by Crippen LogP contribution is 2.22. The zero-order valence-corrected chi connectivity index (χ0v) is 6.03. The van der Waals surface area contributed by atoms with Crippen molar-refractivity contribution in [2.75, 3.05) is 0 Å². The van der Waals surface area contributed by atoms with E-state index in [2.05, 4.69) is 11.3 Å². The smallest absolute Gasteiger partial charge is 0.350 e. The summed E-state index contributed by atoms with van der Waals surface area (Å²) in [5.41, 5.74) is -0.201. The number of hydrogen-bond acceptors (Lipinski definition) is 4. The highest BCUT2D eigenvalue weighted by Gasteiger charge is 2.38. The first-order valence-electron chi connectivity index (χ1n) is 3.10. The molecule has 0 N–H and O–H groups in total. The summed E-state index contributed by atoms with van der Waals surface area (Å²) < 4.78 is 9.43. The van der Waals surface area contributed by atoms with E-state index in [1.165, 1.54) is 0 Å². The lowest BCUT2D eigenvalue weighted by Crippen LogP contribution is -2.09. The van der Waals surface area contributed by atoms with Crippen molar-refractivity contribution in [2.45, 2.75) is 19.3 Å². The van der Waals surface area contributed by atoms with Crippen molar-refractivity contribution < 1.29 is 14.3 Å². The van der Waals surface area contributed by atoms with Gasteiger partial charge < -0.3 is 9.47 Å². The molecule has 0 amide bonds. The number of carbonyl (C=O) groups excluding carboxylic acids is 1. The van der Waals surface area contributed by atoms with E-state index < -0.39 is 12.3 Å². The molecule has 11 heavy (non-hydrogen) atoms. The van der Waals surface area contributed by atoms with Crippen LogP contribution in [0.15, 0.2) is 12.2 Å². The molecular weight excluding hydrogens is 146 g/mol. The van der Waals surface area contributed by atoms with Crippen molar-refractivity contribution in [1.82, 2.24) is 0 Å². The molecule has 2 atom stereocenters. The Labute approximate surface area is 64.0 Å². The molecule has 1 aliphatic rings. The van der Waals surface area contributed by atoms with Crippen molar-refractivity contribution in [3.05, 3.63) is 12.2 Å². The highest BCUT2D eigenvalue weighted by molar-refractivity contribution is 5.92.